The summed E-state index contributed by atoms with van der Waals surface area (Å²) in [6.07, 6.45) is 1.14. The van der Waals surface area contributed by atoms with E-state index in [1.165, 1.54) is 29.8 Å². The highest BCUT2D eigenvalue weighted by molar-refractivity contribution is 7.88. The average Bonchev–Trinajstić information content (AvgIpc) is 3.01. The third-order valence-electron chi connectivity index (χ3n) is 4.67. The second-order valence-corrected chi connectivity index (χ2v) is 8.69. The summed E-state index contributed by atoms with van der Waals surface area (Å²) in [6.45, 7) is 1.43. The number of carbonyl (C=O) groups is 1. The summed E-state index contributed by atoms with van der Waals surface area (Å²) in [7, 11) is -3.53. The quantitative estimate of drug-likeness (QED) is 0.752. The molecule has 1 saturated heterocycles. The number of benzene rings is 2. The van der Waals surface area contributed by atoms with Crippen LogP contribution in [0.3, 0.4) is 0 Å². The van der Waals surface area contributed by atoms with Crippen LogP contribution >= 0.6 is 0 Å². The van der Waals surface area contributed by atoms with Gasteiger partial charge in [-0.3, -0.25) is 4.79 Å². The molecule has 1 amide bonds. The number of carbonyl (C=O) groups excluding carboxylic acids is 1. The van der Waals surface area contributed by atoms with Gasteiger partial charge in [0.2, 0.25) is 15.9 Å². The van der Waals surface area contributed by atoms with Crippen molar-refractivity contribution in [2.75, 3.05) is 19.6 Å². The van der Waals surface area contributed by atoms with Gasteiger partial charge in [-0.2, -0.15) is 0 Å². The fourth-order valence-corrected chi connectivity index (χ4v) is 4.43. The summed E-state index contributed by atoms with van der Waals surface area (Å²) in [6, 6.07) is 15.4. The van der Waals surface area contributed by atoms with E-state index in [9.17, 15) is 17.6 Å². The SMILES string of the molecule is O=C1CC(CNS(=O)(=O)Cc2ccc(F)cc2)CN1CCc1ccccc1. The Morgan fingerprint density at radius 1 is 1.04 bits per heavy atom. The van der Waals surface area contributed by atoms with Crippen molar-refractivity contribution >= 4 is 15.9 Å². The van der Waals surface area contributed by atoms with Crippen LogP contribution in [0.25, 0.3) is 0 Å². The molecule has 1 atom stereocenters. The van der Waals surface area contributed by atoms with Crippen molar-refractivity contribution in [3.8, 4) is 0 Å². The molecule has 0 aliphatic carbocycles. The summed E-state index contributed by atoms with van der Waals surface area (Å²) in [4.78, 5) is 14.0. The fraction of sp³-hybridized carbons (Fsp3) is 0.350. The molecule has 0 spiro atoms. The topological polar surface area (TPSA) is 66.5 Å². The largest absolute Gasteiger partial charge is 0.342 e. The predicted molar refractivity (Wildman–Crippen MR) is 102 cm³/mol. The lowest BCUT2D eigenvalue weighted by Crippen LogP contribution is -2.32. The summed E-state index contributed by atoms with van der Waals surface area (Å²) < 4.78 is 39.9. The number of amides is 1. The normalized spacial score (nSPS) is 17.4. The first kappa shape index (κ1) is 19.5. The van der Waals surface area contributed by atoms with Crippen LogP contribution < -0.4 is 4.72 Å². The molecule has 5 nitrogen and oxygen atoms in total. The lowest BCUT2D eigenvalue weighted by molar-refractivity contribution is -0.127. The smallest absolute Gasteiger partial charge is 0.222 e. The van der Waals surface area contributed by atoms with E-state index >= 15 is 0 Å². The lowest BCUT2D eigenvalue weighted by atomic mass is 10.1. The third kappa shape index (κ3) is 5.87. The molecular weight excluding hydrogens is 367 g/mol. The van der Waals surface area contributed by atoms with Crippen molar-refractivity contribution in [3.05, 3.63) is 71.5 Å². The zero-order chi connectivity index (χ0) is 19.3. The first-order chi connectivity index (χ1) is 12.9. The van der Waals surface area contributed by atoms with Gasteiger partial charge in [0.1, 0.15) is 5.82 Å². The van der Waals surface area contributed by atoms with Crippen LogP contribution in [0.5, 0.6) is 0 Å². The maximum Gasteiger partial charge on any atom is 0.222 e. The van der Waals surface area contributed by atoms with E-state index in [2.05, 4.69) is 4.72 Å². The van der Waals surface area contributed by atoms with Crippen LogP contribution in [0, 0.1) is 11.7 Å². The van der Waals surface area contributed by atoms with E-state index in [0.29, 0.717) is 25.1 Å². The zero-order valence-electron chi connectivity index (χ0n) is 15.0. The number of nitrogens with zero attached hydrogens (tertiary/aromatic N) is 1. The predicted octanol–water partition coefficient (Wildman–Crippen LogP) is 2.34. The molecule has 1 N–H and O–H groups in total. The van der Waals surface area contributed by atoms with Gasteiger partial charge in [0.25, 0.3) is 0 Å². The first-order valence-electron chi connectivity index (χ1n) is 8.95. The van der Waals surface area contributed by atoms with Gasteiger partial charge in [-0.1, -0.05) is 42.5 Å². The van der Waals surface area contributed by atoms with E-state index in [1.807, 2.05) is 30.3 Å². The van der Waals surface area contributed by atoms with E-state index in [-0.39, 0.29) is 24.1 Å². The van der Waals surface area contributed by atoms with Crippen molar-refractivity contribution in [2.24, 2.45) is 5.92 Å². The number of nitrogens with one attached hydrogen (secondary N) is 1. The Morgan fingerprint density at radius 3 is 2.44 bits per heavy atom. The minimum absolute atomic E-state index is 0.0312. The lowest BCUT2D eigenvalue weighted by Gasteiger charge is -2.17. The second kappa shape index (κ2) is 8.63. The molecule has 2 aromatic carbocycles. The maximum atomic E-state index is 12.9. The van der Waals surface area contributed by atoms with Gasteiger partial charge in [0.15, 0.2) is 0 Å². The molecule has 1 unspecified atom stereocenters. The van der Waals surface area contributed by atoms with Crippen molar-refractivity contribution in [3.63, 3.8) is 0 Å². The Balaban J connectivity index is 1.47. The van der Waals surface area contributed by atoms with Crippen LogP contribution in [-0.4, -0.2) is 38.9 Å². The molecule has 0 aromatic heterocycles. The Hall–Kier alpha value is -2.25. The minimum atomic E-state index is -3.53. The standard InChI is InChI=1S/C20H23FN2O3S/c21-19-8-6-17(7-9-19)15-27(25,26)22-13-18-12-20(24)23(14-18)11-10-16-4-2-1-3-5-16/h1-9,18,22H,10-15H2. The van der Waals surface area contributed by atoms with Gasteiger partial charge in [0.05, 0.1) is 5.75 Å². The first-order valence-corrected chi connectivity index (χ1v) is 10.6. The van der Waals surface area contributed by atoms with Crippen molar-refractivity contribution in [2.45, 2.75) is 18.6 Å². The average molecular weight is 390 g/mol. The molecule has 0 saturated carbocycles. The van der Waals surface area contributed by atoms with Gasteiger partial charge < -0.3 is 4.90 Å². The number of sulfonamides is 1. The van der Waals surface area contributed by atoms with Crippen LogP contribution in [0.4, 0.5) is 4.39 Å². The van der Waals surface area contributed by atoms with Gasteiger partial charge in [-0.05, 0) is 35.6 Å². The van der Waals surface area contributed by atoms with Gasteiger partial charge in [-0.15, -0.1) is 0 Å². The van der Waals surface area contributed by atoms with Crippen molar-refractivity contribution in [1.29, 1.82) is 0 Å². The second-order valence-electron chi connectivity index (χ2n) is 6.88. The highest BCUT2D eigenvalue weighted by atomic mass is 32.2. The Morgan fingerprint density at radius 2 is 1.74 bits per heavy atom. The molecule has 1 aliphatic heterocycles. The van der Waals surface area contributed by atoms with E-state index < -0.39 is 15.8 Å². The maximum absolute atomic E-state index is 12.9. The van der Waals surface area contributed by atoms with Crippen LogP contribution in [0.1, 0.15) is 17.5 Å². The minimum Gasteiger partial charge on any atom is -0.342 e. The van der Waals surface area contributed by atoms with Gasteiger partial charge in [0, 0.05) is 26.1 Å². The molecule has 0 radical (unpaired) electrons. The van der Waals surface area contributed by atoms with E-state index in [1.54, 1.807) is 4.90 Å². The van der Waals surface area contributed by atoms with Crippen LogP contribution in [0.2, 0.25) is 0 Å². The molecule has 27 heavy (non-hydrogen) atoms. The molecule has 1 heterocycles. The Kier molecular flexibility index (Phi) is 6.23. The number of halogens is 1. The third-order valence-corrected chi connectivity index (χ3v) is 5.99. The van der Waals surface area contributed by atoms with E-state index in [4.69, 9.17) is 0 Å². The molecular formula is C20H23FN2O3S. The summed E-state index contributed by atoms with van der Waals surface area (Å²) in [5.41, 5.74) is 1.70. The molecule has 2 aromatic rings. The molecule has 144 valence electrons. The number of rotatable bonds is 8. The monoisotopic (exact) mass is 390 g/mol. The number of likely N-dealkylation sites (tertiary alicyclic amines) is 1. The van der Waals surface area contributed by atoms with Gasteiger partial charge in [-0.25, -0.2) is 17.5 Å². The number of hydrogen-bond donors (Lipinski definition) is 1. The highest BCUT2D eigenvalue weighted by Gasteiger charge is 2.30. The summed E-state index contributed by atoms with van der Waals surface area (Å²) >= 11 is 0. The van der Waals surface area contributed by atoms with Crippen molar-refractivity contribution < 1.29 is 17.6 Å². The summed E-state index contributed by atoms with van der Waals surface area (Å²) in [5.74, 6) is -0.569. The van der Waals surface area contributed by atoms with E-state index in [0.717, 1.165) is 6.42 Å². The molecule has 1 fully saturated rings. The fourth-order valence-electron chi connectivity index (χ4n) is 3.21. The molecule has 7 heteroatoms. The summed E-state index contributed by atoms with van der Waals surface area (Å²) in [5, 5.41) is 0. The Bertz CT molecular complexity index is 870. The van der Waals surface area contributed by atoms with Crippen LogP contribution in [-0.2, 0) is 27.0 Å². The van der Waals surface area contributed by atoms with Gasteiger partial charge >= 0.3 is 0 Å². The van der Waals surface area contributed by atoms with Crippen molar-refractivity contribution in [1.82, 2.24) is 9.62 Å². The number of hydrogen-bond acceptors (Lipinski definition) is 3. The molecule has 3 rings (SSSR count). The highest BCUT2D eigenvalue weighted by Crippen LogP contribution is 2.18. The zero-order valence-corrected chi connectivity index (χ0v) is 15.8. The molecule has 1 aliphatic rings. The van der Waals surface area contributed by atoms with Crippen LogP contribution in [0.15, 0.2) is 54.6 Å². The molecule has 0 bridgehead atoms. The Labute approximate surface area is 159 Å².